The monoisotopic (exact) mass is 296 g/mol. The highest BCUT2D eigenvalue weighted by molar-refractivity contribution is 5.94. The average molecular weight is 296 g/mol. The maximum absolute atomic E-state index is 12.6. The molecule has 1 aliphatic heterocycles. The summed E-state index contributed by atoms with van der Waals surface area (Å²) in [7, 11) is 2.08. The Labute approximate surface area is 130 Å². The molecule has 1 aromatic heterocycles. The third-order valence-corrected chi connectivity index (χ3v) is 4.02. The number of benzene rings is 1. The van der Waals surface area contributed by atoms with Crippen LogP contribution in [0.5, 0.6) is 0 Å². The Morgan fingerprint density at radius 1 is 1.14 bits per heavy atom. The van der Waals surface area contributed by atoms with Crippen molar-refractivity contribution in [2.75, 3.05) is 26.7 Å². The van der Waals surface area contributed by atoms with Crippen molar-refractivity contribution >= 4 is 5.91 Å². The van der Waals surface area contributed by atoms with Crippen LogP contribution in [0.1, 0.15) is 17.3 Å². The van der Waals surface area contributed by atoms with Crippen LogP contribution in [0.3, 0.4) is 0 Å². The van der Waals surface area contributed by atoms with E-state index in [9.17, 15) is 4.79 Å². The van der Waals surface area contributed by atoms with Gasteiger partial charge < -0.3 is 9.80 Å². The smallest absolute Gasteiger partial charge is 0.257 e. The van der Waals surface area contributed by atoms with Gasteiger partial charge in [-0.05, 0) is 14.0 Å². The first kappa shape index (κ1) is 14.7. The minimum atomic E-state index is 0.0141. The highest BCUT2D eigenvalue weighted by Crippen LogP contribution is 2.16. The highest BCUT2D eigenvalue weighted by Gasteiger charge is 2.26. The molecule has 1 atom stereocenters. The molecule has 114 valence electrons. The predicted molar refractivity (Wildman–Crippen MR) is 85.5 cm³/mol. The molecule has 0 saturated carbocycles. The fraction of sp³-hybridized carbons (Fsp3) is 0.353. The summed E-state index contributed by atoms with van der Waals surface area (Å²) in [4.78, 5) is 25.4. The van der Waals surface area contributed by atoms with Crippen LogP contribution in [-0.4, -0.2) is 58.4 Å². The van der Waals surface area contributed by atoms with Crippen LogP contribution < -0.4 is 0 Å². The average Bonchev–Trinajstić information content (AvgIpc) is 2.55. The molecule has 1 aromatic carbocycles. The normalized spacial score (nSPS) is 19.2. The van der Waals surface area contributed by atoms with Crippen molar-refractivity contribution in [3.63, 3.8) is 0 Å². The third-order valence-electron chi connectivity index (χ3n) is 4.02. The summed E-state index contributed by atoms with van der Waals surface area (Å²) in [5.41, 5.74) is 1.51. The zero-order valence-electron chi connectivity index (χ0n) is 12.9. The summed E-state index contributed by atoms with van der Waals surface area (Å²) in [6.07, 6.45) is 3.26. The van der Waals surface area contributed by atoms with Gasteiger partial charge in [-0.1, -0.05) is 30.3 Å². The Balaban J connectivity index is 1.77. The predicted octanol–water partition coefficient (Wildman–Crippen LogP) is 1.92. The number of hydrogen-bond donors (Lipinski definition) is 0. The number of carbonyl (C=O) groups excluding carboxylic acids is 1. The first-order chi connectivity index (χ1) is 10.6. The van der Waals surface area contributed by atoms with E-state index in [1.165, 1.54) is 0 Å². The van der Waals surface area contributed by atoms with E-state index in [4.69, 9.17) is 0 Å². The fourth-order valence-electron chi connectivity index (χ4n) is 2.78. The number of carbonyl (C=O) groups is 1. The second kappa shape index (κ2) is 6.23. The fourth-order valence-corrected chi connectivity index (χ4v) is 2.78. The van der Waals surface area contributed by atoms with Crippen LogP contribution in [0.2, 0.25) is 0 Å². The first-order valence-corrected chi connectivity index (χ1v) is 7.52. The Morgan fingerprint density at radius 3 is 2.45 bits per heavy atom. The summed E-state index contributed by atoms with van der Waals surface area (Å²) in [5.74, 6) is 0.656. The van der Waals surface area contributed by atoms with Gasteiger partial charge in [0.25, 0.3) is 5.91 Å². The molecule has 1 aliphatic rings. The molecule has 0 bridgehead atoms. The number of aromatic nitrogens is 2. The number of rotatable bonds is 2. The van der Waals surface area contributed by atoms with E-state index in [-0.39, 0.29) is 11.9 Å². The minimum Gasteiger partial charge on any atom is -0.333 e. The summed E-state index contributed by atoms with van der Waals surface area (Å²) < 4.78 is 0. The van der Waals surface area contributed by atoms with Gasteiger partial charge in [0.1, 0.15) is 0 Å². The molecule has 2 aromatic rings. The van der Waals surface area contributed by atoms with Crippen molar-refractivity contribution in [2.45, 2.75) is 13.0 Å². The molecule has 2 heterocycles. The SMILES string of the molecule is C[C@@H]1CN(C)CCN1C(=O)c1cnc(-c2ccccc2)nc1. The molecule has 0 radical (unpaired) electrons. The van der Waals surface area contributed by atoms with E-state index < -0.39 is 0 Å². The van der Waals surface area contributed by atoms with Gasteiger partial charge in [-0.3, -0.25) is 4.79 Å². The molecular weight excluding hydrogens is 276 g/mol. The second-order valence-electron chi connectivity index (χ2n) is 5.77. The Bertz CT molecular complexity index is 641. The molecule has 1 amide bonds. The first-order valence-electron chi connectivity index (χ1n) is 7.52. The van der Waals surface area contributed by atoms with E-state index in [1.54, 1.807) is 12.4 Å². The largest absolute Gasteiger partial charge is 0.333 e. The lowest BCUT2D eigenvalue weighted by molar-refractivity contribution is 0.0533. The quantitative estimate of drug-likeness (QED) is 0.849. The molecule has 1 fully saturated rings. The van der Waals surface area contributed by atoms with Gasteiger partial charge in [-0.15, -0.1) is 0 Å². The van der Waals surface area contributed by atoms with Crippen LogP contribution in [0, 0.1) is 0 Å². The van der Waals surface area contributed by atoms with E-state index >= 15 is 0 Å². The minimum absolute atomic E-state index is 0.0141. The van der Waals surface area contributed by atoms with Gasteiger partial charge >= 0.3 is 0 Å². The lowest BCUT2D eigenvalue weighted by Crippen LogP contribution is -2.52. The van der Waals surface area contributed by atoms with Crippen LogP contribution in [0.4, 0.5) is 0 Å². The molecule has 1 saturated heterocycles. The van der Waals surface area contributed by atoms with Crippen molar-refractivity contribution in [1.29, 1.82) is 0 Å². The summed E-state index contributed by atoms with van der Waals surface area (Å²) in [6.45, 7) is 4.62. The number of piperazine rings is 1. The molecular formula is C17H20N4O. The summed E-state index contributed by atoms with van der Waals surface area (Å²) in [6, 6.07) is 9.97. The molecule has 0 aliphatic carbocycles. The molecule has 5 nitrogen and oxygen atoms in total. The second-order valence-corrected chi connectivity index (χ2v) is 5.77. The summed E-state index contributed by atoms with van der Waals surface area (Å²) >= 11 is 0. The van der Waals surface area contributed by atoms with Gasteiger partial charge in [-0.2, -0.15) is 0 Å². The van der Waals surface area contributed by atoms with Gasteiger partial charge in [0, 0.05) is 43.6 Å². The topological polar surface area (TPSA) is 49.3 Å². The highest BCUT2D eigenvalue weighted by atomic mass is 16.2. The number of nitrogens with zero attached hydrogens (tertiary/aromatic N) is 4. The van der Waals surface area contributed by atoms with Crippen LogP contribution in [0.15, 0.2) is 42.7 Å². The van der Waals surface area contributed by atoms with Crippen molar-refractivity contribution in [3.8, 4) is 11.4 Å². The van der Waals surface area contributed by atoms with Crippen LogP contribution in [0.25, 0.3) is 11.4 Å². The molecule has 0 unspecified atom stereocenters. The lowest BCUT2D eigenvalue weighted by atomic mass is 10.1. The zero-order valence-corrected chi connectivity index (χ0v) is 12.9. The molecule has 0 spiro atoms. The molecule has 5 heteroatoms. The number of amides is 1. The van der Waals surface area contributed by atoms with E-state index in [2.05, 4.69) is 28.8 Å². The van der Waals surface area contributed by atoms with E-state index in [0.717, 1.165) is 25.2 Å². The Kier molecular flexibility index (Phi) is 4.15. The molecule has 22 heavy (non-hydrogen) atoms. The zero-order chi connectivity index (χ0) is 15.5. The third kappa shape index (κ3) is 2.99. The van der Waals surface area contributed by atoms with Crippen LogP contribution >= 0.6 is 0 Å². The number of hydrogen-bond acceptors (Lipinski definition) is 4. The van der Waals surface area contributed by atoms with Crippen LogP contribution in [-0.2, 0) is 0 Å². The van der Waals surface area contributed by atoms with Crippen molar-refractivity contribution < 1.29 is 4.79 Å². The van der Waals surface area contributed by atoms with Crippen molar-refractivity contribution in [3.05, 3.63) is 48.3 Å². The van der Waals surface area contributed by atoms with Crippen molar-refractivity contribution in [1.82, 2.24) is 19.8 Å². The Hall–Kier alpha value is -2.27. The maximum Gasteiger partial charge on any atom is 0.257 e. The molecule has 3 rings (SSSR count). The van der Waals surface area contributed by atoms with E-state index in [1.807, 2.05) is 35.2 Å². The lowest BCUT2D eigenvalue weighted by Gasteiger charge is -2.38. The van der Waals surface area contributed by atoms with E-state index in [0.29, 0.717) is 11.4 Å². The molecule has 0 N–H and O–H groups in total. The van der Waals surface area contributed by atoms with Gasteiger partial charge in [0.2, 0.25) is 0 Å². The maximum atomic E-state index is 12.6. The standard InChI is InChI=1S/C17H20N4O/c1-13-12-20(2)8-9-21(13)17(22)15-10-18-16(19-11-15)14-6-4-3-5-7-14/h3-7,10-11,13H,8-9,12H2,1-2H3/t13-/m1/s1. The number of likely N-dealkylation sites (N-methyl/N-ethyl adjacent to an activating group) is 1. The van der Waals surface area contributed by atoms with Gasteiger partial charge in [0.05, 0.1) is 5.56 Å². The van der Waals surface area contributed by atoms with Crippen molar-refractivity contribution in [2.24, 2.45) is 0 Å². The Morgan fingerprint density at radius 2 is 1.82 bits per heavy atom. The van der Waals surface area contributed by atoms with Gasteiger partial charge in [-0.25, -0.2) is 9.97 Å². The van der Waals surface area contributed by atoms with Gasteiger partial charge in [0.15, 0.2) is 5.82 Å². The summed E-state index contributed by atoms with van der Waals surface area (Å²) in [5, 5.41) is 0.